The molecule has 1 aromatic rings. The summed E-state index contributed by atoms with van der Waals surface area (Å²) in [6.07, 6.45) is 2.39. The maximum Gasteiger partial charge on any atom is 0.317 e. The number of rotatable bonds is 8. The Morgan fingerprint density at radius 2 is 1.75 bits per heavy atom. The van der Waals surface area contributed by atoms with Crippen LogP contribution < -0.4 is 10.6 Å². The molecule has 1 aliphatic rings. The molecule has 0 aromatic heterocycles. The zero-order valence-corrected chi connectivity index (χ0v) is 13.5. The van der Waals surface area contributed by atoms with Gasteiger partial charge in [-0.2, -0.15) is 0 Å². The van der Waals surface area contributed by atoms with E-state index in [4.69, 9.17) is 5.11 Å². The first-order chi connectivity index (χ1) is 11.6. The van der Waals surface area contributed by atoms with E-state index in [0.717, 1.165) is 31.5 Å². The third-order valence-electron chi connectivity index (χ3n) is 3.90. The summed E-state index contributed by atoms with van der Waals surface area (Å²) in [5.41, 5.74) is 0.967. The lowest BCUT2D eigenvalue weighted by Crippen LogP contribution is -2.51. The highest BCUT2D eigenvalue weighted by Gasteiger charge is 2.27. The predicted octanol–water partition coefficient (Wildman–Crippen LogP) is 0.0105. The van der Waals surface area contributed by atoms with Crippen molar-refractivity contribution in [2.75, 3.05) is 26.2 Å². The van der Waals surface area contributed by atoms with Gasteiger partial charge in [-0.05, 0) is 18.4 Å². The number of carbonyl (C=O) groups is 3. The zero-order valence-electron chi connectivity index (χ0n) is 13.5. The molecule has 130 valence electrons. The van der Waals surface area contributed by atoms with Crippen LogP contribution in [0.15, 0.2) is 30.3 Å². The molecule has 1 heterocycles. The molecule has 7 nitrogen and oxygen atoms in total. The van der Waals surface area contributed by atoms with Crippen LogP contribution in [-0.2, 0) is 20.8 Å². The van der Waals surface area contributed by atoms with Gasteiger partial charge in [0.2, 0.25) is 11.8 Å². The summed E-state index contributed by atoms with van der Waals surface area (Å²) in [6.45, 7) is 1.01. The van der Waals surface area contributed by atoms with Crippen molar-refractivity contribution in [3.05, 3.63) is 35.9 Å². The molecule has 0 aliphatic carbocycles. The van der Waals surface area contributed by atoms with Gasteiger partial charge in [0.15, 0.2) is 0 Å². The molecule has 1 aromatic carbocycles. The highest BCUT2D eigenvalue weighted by molar-refractivity contribution is 5.89. The summed E-state index contributed by atoms with van der Waals surface area (Å²) < 4.78 is 0. The first-order valence-electron chi connectivity index (χ1n) is 8.11. The minimum Gasteiger partial charge on any atom is -0.480 e. The van der Waals surface area contributed by atoms with Crippen molar-refractivity contribution < 1.29 is 19.5 Å². The summed E-state index contributed by atoms with van der Waals surface area (Å²) in [5.74, 6) is -1.50. The van der Waals surface area contributed by atoms with Crippen LogP contribution in [0.25, 0.3) is 0 Å². The quantitative estimate of drug-likeness (QED) is 0.622. The van der Waals surface area contributed by atoms with Gasteiger partial charge in [0.1, 0.15) is 6.04 Å². The van der Waals surface area contributed by atoms with Crippen LogP contribution in [-0.4, -0.2) is 60.0 Å². The first kappa shape index (κ1) is 17.9. The molecular weight excluding hydrogens is 310 g/mol. The molecule has 1 saturated heterocycles. The number of carboxylic acids is 1. The average Bonchev–Trinajstić information content (AvgIpc) is 3.08. The van der Waals surface area contributed by atoms with E-state index in [0.29, 0.717) is 6.42 Å². The molecule has 1 aliphatic heterocycles. The fraction of sp³-hybridized carbons (Fsp3) is 0.471. The molecule has 3 N–H and O–H groups in total. The second kappa shape index (κ2) is 9.02. The molecule has 7 heteroatoms. The second-order valence-electron chi connectivity index (χ2n) is 5.84. The fourth-order valence-corrected chi connectivity index (χ4v) is 2.74. The summed E-state index contributed by atoms with van der Waals surface area (Å²) >= 11 is 0. The van der Waals surface area contributed by atoms with E-state index in [1.807, 2.05) is 30.3 Å². The SMILES string of the molecule is O=C(O)CNCC(=O)NC(Cc1ccccc1)C(=O)N1CCCC1. The largest absolute Gasteiger partial charge is 0.480 e. The van der Waals surface area contributed by atoms with Crippen LogP contribution in [0.3, 0.4) is 0 Å². The number of carboxylic acid groups (broad SMARTS) is 1. The lowest BCUT2D eigenvalue weighted by atomic mass is 10.0. The Morgan fingerprint density at radius 1 is 1.08 bits per heavy atom. The predicted molar refractivity (Wildman–Crippen MR) is 88.4 cm³/mol. The van der Waals surface area contributed by atoms with E-state index in [1.165, 1.54) is 0 Å². The Labute approximate surface area is 141 Å². The highest BCUT2D eigenvalue weighted by atomic mass is 16.4. The second-order valence-corrected chi connectivity index (χ2v) is 5.84. The molecule has 24 heavy (non-hydrogen) atoms. The summed E-state index contributed by atoms with van der Waals surface area (Å²) in [5, 5.41) is 13.8. The van der Waals surface area contributed by atoms with Gasteiger partial charge in [0, 0.05) is 19.5 Å². The smallest absolute Gasteiger partial charge is 0.317 e. The Morgan fingerprint density at radius 3 is 2.38 bits per heavy atom. The Balaban J connectivity index is 1.97. The van der Waals surface area contributed by atoms with Gasteiger partial charge < -0.3 is 15.3 Å². The topological polar surface area (TPSA) is 98.7 Å². The lowest BCUT2D eigenvalue weighted by Gasteiger charge is -2.24. The van der Waals surface area contributed by atoms with E-state index in [2.05, 4.69) is 10.6 Å². The lowest BCUT2D eigenvalue weighted by molar-refractivity contribution is -0.137. The number of aliphatic carboxylic acids is 1. The van der Waals surface area contributed by atoms with Crippen molar-refractivity contribution in [2.24, 2.45) is 0 Å². The van der Waals surface area contributed by atoms with Crippen molar-refractivity contribution in [2.45, 2.75) is 25.3 Å². The number of nitrogens with zero attached hydrogens (tertiary/aromatic N) is 1. The van der Waals surface area contributed by atoms with Crippen molar-refractivity contribution in [1.29, 1.82) is 0 Å². The van der Waals surface area contributed by atoms with Crippen molar-refractivity contribution in [3.63, 3.8) is 0 Å². The molecular formula is C17H23N3O4. The molecule has 1 atom stereocenters. The van der Waals surface area contributed by atoms with Gasteiger partial charge in [-0.1, -0.05) is 30.3 Å². The first-order valence-corrected chi connectivity index (χ1v) is 8.11. The highest BCUT2D eigenvalue weighted by Crippen LogP contribution is 2.12. The minimum atomic E-state index is -1.03. The summed E-state index contributed by atoms with van der Waals surface area (Å²) in [7, 11) is 0. The minimum absolute atomic E-state index is 0.0806. The van der Waals surface area contributed by atoms with Gasteiger partial charge in [0.05, 0.1) is 13.1 Å². The van der Waals surface area contributed by atoms with Crippen LogP contribution in [0.5, 0.6) is 0 Å². The van der Waals surface area contributed by atoms with E-state index in [1.54, 1.807) is 4.90 Å². The van der Waals surface area contributed by atoms with Crippen molar-refractivity contribution in [3.8, 4) is 0 Å². The summed E-state index contributed by atoms with van der Waals surface area (Å²) in [6, 6.07) is 8.88. The third kappa shape index (κ3) is 5.66. The Bertz CT molecular complexity index is 570. The van der Waals surface area contributed by atoms with Crippen LogP contribution in [0.4, 0.5) is 0 Å². The number of hydrogen-bond donors (Lipinski definition) is 3. The van der Waals surface area contributed by atoms with Gasteiger partial charge in [-0.3, -0.25) is 19.7 Å². The molecule has 1 unspecified atom stereocenters. The van der Waals surface area contributed by atoms with Gasteiger partial charge in [-0.15, -0.1) is 0 Å². The monoisotopic (exact) mass is 333 g/mol. The maximum absolute atomic E-state index is 12.7. The van der Waals surface area contributed by atoms with Gasteiger partial charge in [-0.25, -0.2) is 0 Å². The molecule has 0 radical (unpaired) electrons. The molecule has 2 rings (SSSR count). The number of nitrogens with one attached hydrogen (secondary N) is 2. The Kier molecular flexibility index (Phi) is 6.74. The fourth-order valence-electron chi connectivity index (χ4n) is 2.74. The maximum atomic E-state index is 12.7. The normalized spacial score (nSPS) is 15.1. The van der Waals surface area contributed by atoms with E-state index < -0.39 is 12.0 Å². The van der Waals surface area contributed by atoms with Crippen LogP contribution in [0.1, 0.15) is 18.4 Å². The molecule has 0 saturated carbocycles. The number of amides is 2. The van der Waals surface area contributed by atoms with Gasteiger partial charge in [0.25, 0.3) is 0 Å². The van der Waals surface area contributed by atoms with E-state index >= 15 is 0 Å². The number of likely N-dealkylation sites (tertiary alicyclic amines) is 1. The molecule has 0 spiro atoms. The van der Waals surface area contributed by atoms with Crippen molar-refractivity contribution in [1.82, 2.24) is 15.5 Å². The number of hydrogen-bond acceptors (Lipinski definition) is 4. The third-order valence-corrected chi connectivity index (χ3v) is 3.90. The Hall–Kier alpha value is -2.41. The molecule has 2 amide bonds. The summed E-state index contributed by atoms with van der Waals surface area (Å²) in [4.78, 5) is 36.9. The molecule has 0 bridgehead atoms. The van der Waals surface area contributed by atoms with Crippen LogP contribution >= 0.6 is 0 Å². The number of carbonyl (C=O) groups excluding carboxylic acids is 2. The van der Waals surface area contributed by atoms with E-state index in [-0.39, 0.29) is 24.9 Å². The standard InChI is InChI=1S/C17H23N3O4/c21-15(11-18-12-16(22)23)19-14(10-13-6-2-1-3-7-13)17(24)20-8-4-5-9-20/h1-3,6-7,14,18H,4-5,8-12H2,(H,19,21)(H,22,23). The van der Waals surface area contributed by atoms with Gasteiger partial charge >= 0.3 is 5.97 Å². The van der Waals surface area contributed by atoms with Crippen molar-refractivity contribution >= 4 is 17.8 Å². The van der Waals surface area contributed by atoms with E-state index in [9.17, 15) is 14.4 Å². The van der Waals surface area contributed by atoms with Crippen LogP contribution in [0, 0.1) is 0 Å². The molecule has 1 fully saturated rings. The number of benzene rings is 1. The van der Waals surface area contributed by atoms with Crippen LogP contribution in [0.2, 0.25) is 0 Å². The zero-order chi connectivity index (χ0) is 17.4. The average molecular weight is 333 g/mol.